The van der Waals surface area contributed by atoms with Gasteiger partial charge in [0.2, 0.25) is 0 Å². The molecule has 1 saturated heterocycles. The monoisotopic (exact) mass is 388 g/mol. The first-order valence-corrected chi connectivity index (χ1v) is 10.1. The van der Waals surface area contributed by atoms with E-state index >= 15 is 0 Å². The van der Waals surface area contributed by atoms with Gasteiger partial charge in [-0.1, -0.05) is 24.6 Å². The Morgan fingerprint density at radius 3 is 2.41 bits per heavy atom. The van der Waals surface area contributed by atoms with Crippen molar-refractivity contribution in [2.45, 2.75) is 20.3 Å². The number of aryl methyl sites for hydroxylation is 1. The molecule has 1 aliphatic rings. The predicted molar refractivity (Wildman–Crippen MR) is 113 cm³/mol. The molecule has 1 fully saturated rings. The van der Waals surface area contributed by atoms with Crippen molar-refractivity contribution in [3.8, 4) is 5.69 Å². The number of nitrogens with zero attached hydrogens (tertiary/aromatic N) is 3. The summed E-state index contributed by atoms with van der Waals surface area (Å²) in [6.45, 7) is 11.9. The van der Waals surface area contributed by atoms with Gasteiger partial charge < -0.3 is 10.2 Å². The molecule has 0 saturated carbocycles. The van der Waals surface area contributed by atoms with Crippen LogP contribution in [-0.4, -0.2) is 60.2 Å². The summed E-state index contributed by atoms with van der Waals surface area (Å²) in [5.74, 6) is 0. The highest BCUT2D eigenvalue weighted by molar-refractivity contribution is 6.32. The van der Waals surface area contributed by atoms with Gasteiger partial charge in [-0.15, -0.1) is 0 Å². The molecule has 3 rings (SSSR count). The van der Waals surface area contributed by atoms with Crippen LogP contribution in [0.4, 0.5) is 5.69 Å². The summed E-state index contributed by atoms with van der Waals surface area (Å²) in [4.78, 5) is 17.1. The molecule has 5 nitrogen and oxygen atoms in total. The number of piperazine rings is 1. The molecule has 6 heteroatoms. The van der Waals surface area contributed by atoms with Gasteiger partial charge in [0.25, 0.3) is 5.56 Å². The van der Waals surface area contributed by atoms with E-state index < -0.39 is 0 Å². The maximum absolute atomic E-state index is 12.1. The molecule has 0 amide bonds. The van der Waals surface area contributed by atoms with E-state index in [4.69, 9.17) is 11.6 Å². The van der Waals surface area contributed by atoms with E-state index in [-0.39, 0.29) is 5.56 Å². The SMILES string of the molecule is CCCN1CCN(CCNc2ccc(-n3cc(C)ccc3=O)c(Cl)c2)CC1. The van der Waals surface area contributed by atoms with E-state index in [1.165, 1.54) is 26.1 Å². The molecule has 1 aromatic carbocycles. The van der Waals surface area contributed by atoms with Crippen LogP contribution in [0.3, 0.4) is 0 Å². The van der Waals surface area contributed by atoms with Crippen LogP contribution in [0.25, 0.3) is 5.69 Å². The van der Waals surface area contributed by atoms with E-state index in [2.05, 4.69) is 22.0 Å². The van der Waals surface area contributed by atoms with Crippen molar-refractivity contribution < 1.29 is 0 Å². The Balaban J connectivity index is 1.54. The first-order chi connectivity index (χ1) is 13.1. The normalized spacial score (nSPS) is 15.8. The molecule has 2 aromatic rings. The lowest BCUT2D eigenvalue weighted by Crippen LogP contribution is -2.47. The van der Waals surface area contributed by atoms with Gasteiger partial charge in [-0.3, -0.25) is 14.3 Å². The second-order valence-electron chi connectivity index (χ2n) is 7.19. The molecule has 2 heterocycles. The van der Waals surface area contributed by atoms with Crippen LogP contribution in [0.2, 0.25) is 5.02 Å². The molecule has 0 aliphatic carbocycles. The average Bonchev–Trinajstić information content (AvgIpc) is 2.66. The Morgan fingerprint density at radius 2 is 1.74 bits per heavy atom. The average molecular weight is 389 g/mol. The highest BCUT2D eigenvalue weighted by atomic mass is 35.5. The van der Waals surface area contributed by atoms with Gasteiger partial charge in [-0.25, -0.2) is 0 Å². The van der Waals surface area contributed by atoms with Crippen LogP contribution in [0.1, 0.15) is 18.9 Å². The summed E-state index contributed by atoms with van der Waals surface area (Å²) < 4.78 is 1.59. The number of hydrogen-bond acceptors (Lipinski definition) is 4. The van der Waals surface area contributed by atoms with Crippen molar-refractivity contribution in [2.24, 2.45) is 0 Å². The van der Waals surface area contributed by atoms with Crippen molar-refractivity contribution >= 4 is 17.3 Å². The number of pyridine rings is 1. The fraction of sp³-hybridized carbons (Fsp3) is 0.476. The van der Waals surface area contributed by atoms with E-state index in [0.717, 1.165) is 37.4 Å². The van der Waals surface area contributed by atoms with E-state index in [1.807, 2.05) is 37.4 Å². The molecule has 0 spiro atoms. The van der Waals surface area contributed by atoms with Gasteiger partial charge in [0.05, 0.1) is 10.7 Å². The minimum atomic E-state index is -0.0783. The third kappa shape index (κ3) is 5.34. The van der Waals surface area contributed by atoms with Crippen LogP contribution in [0.5, 0.6) is 0 Å². The largest absolute Gasteiger partial charge is 0.384 e. The van der Waals surface area contributed by atoms with Crippen molar-refractivity contribution in [1.82, 2.24) is 14.4 Å². The second kappa shape index (κ2) is 9.40. The van der Waals surface area contributed by atoms with Crippen LogP contribution in [-0.2, 0) is 0 Å². The zero-order valence-electron chi connectivity index (χ0n) is 16.2. The molecule has 0 unspecified atom stereocenters. The summed E-state index contributed by atoms with van der Waals surface area (Å²) >= 11 is 6.45. The lowest BCUT2D eigenvalue weighted by molar-refractivity contribution is 0.136. The molecular weight excluding hydrogens is 360 g/mol. The van der Waals surface area contributed by atoms with Gasteiger partial charge in [0.15, 0.2) is 0 Å². The fourth-order valence-electron chi connectivity index (χ4n) is 3.50. The molecule has 0 bridgehead atoms. The number of hydrogen-bond donors (Lipinski definition) is 1. The van der Waals surface area contributed by atoms with Gasteiger partial charge >= 0.3 is 0 Å². The summed E-state index contributed by atoms with van der Waals surface area (Å²) in [5, 5.41) is 4.02. The van der Waals surface area contributed by atoms with Crippen LogP contribution < -0.4 is 10.9 Å². The Hall–Kier alpha value is -1.82. The van der Waals surface area contributed by atoms with Crippen LogP contribution >= 0.6 is 11.6 Å². The number of rotatable bonds is 7. The minimum Gasteiger partial charge on any atom is -0.384 e. The van der Waals surface area contributed by atoms with E-state index in [1.54, 1.807) is 10.6 Å². The summed E-state index contributed by atoms with van der Waals surface area (Å²) in [6, 6.07) is 9.15. The molecule has 1 N–H and O–H groups in total. The van der Waals surface area contributed by atoms with Crippen LogP contribution in [0.15, 0.2) is 41.3 Å². The van der Waals surface area contributed by atoms with Crippen molar-refractivity contribution in [2.75, 3.05) is 51.1 Å². The predicted octanol–water partition coefficient (Wildman–Crippen LogP) is 3.24. The van der Waals surface area contributed by atoms with E-state index in [9.17, 15) is 4.79 Å². The lowest BCUT2D eigenvalue weighted by Gasteiger charge is -2.34. The summed E-state index contributed by atoms with van der Waals surface area (Å²) in [6.07, 6.45) is 3.04. The third-order valence-electron chi connectivity index (χ3n) is 5.03. The molecule has 27 heavy (non-hydrogen) atoms. The first kappa shape index (κ1) is 19.9. The van der Waals surface area contributed by atoms with Gasteiger partial charge in [-0.2, -0.15) is 0 Å². The highest BCUT2D eigenvalue weighted by Gasteiger charge is 2.15. The van der Waals surface area contributed by atoms with Crippen molar-refractivity contribution in [3.05, 3.63) is 57.5 Å². The zero-order chi connectivity index (χ0) is 19.2. The Labute approximate surface area is 166 Å². The maximum atomic E-state index is 12.1. The van der Waals surface area contributed by atoms with Gasteiger partial charge in [-0.05, 0) is 43.7 Å². The molecule has 1 aliphatic heterocycles. The topological polar surface area (TPSA) is 40.5 Å². The fourth-order valence-corrected chi connectivity index (χ4v) is 3.78. The Kier molecular flexibility index (Phi) is 6.94. The highest BCUT2D eigenvalue weighted by Crippen LogP contribution is 2.23. The third-order valence-corrected chi connectivity index (χ3v) is 5.33. The first-order valence-electron chi connectivity index (χ1n) is 9.74. The number of benzene rings is 1. The smallest absolute Gasteiger partial charge is 0.255 e. The molecule has 0 atom stereocenters. The molecule has 0 radical (unpaired) electrons. The summed E-state index contributed by atoms with van der Waals surface area (Å²) in [7, 11) is 0. The molecule has 1 aromatic heterocycles. The van der Waals surface area contributed by atoms with Gasteiger partial charge in [0, 0.05) is 57.2 Å². The standard InChI is InChI=1S/C21H29ClN4O/c1-3-9-24-11-13-25(14-12-24)10-8-23-18-5-6-20(19(22)15-18)26-16-17(2)4-7-21(26)27/h4-7,15-16,23H,3,8-14H2,1-2H3. The lowest BCUT2D eigenvalue weighted by atomic mass is 10.2. The van der Waals surface area contributed by atoms with Gasteiger partial charge in [0.1, 0.15) is 0 Å². The number of halogens is 1. The van der Waals surface area contributed by atoms with Crippen LogP contribution in [0, 0.1) is 6.92 Å². The second-order valence-corrected chi connectivity index (χ2v) is 7.60. The number of anilines is 1. The van der Waals surface area contributed by atoms with Crippen molar-refractivity contribution in [3.63, 3.8) is 0 Å². The zero-order valence-corrected chi connectivity index (χ0v) is 17.0. The number of aromatic nitrogens is 1. The Morgan fingerprint density at radius 1 is 1.04 bits per heavy atom. The molecule has 146 valence electrons. The number of nitrogens with one attached hydrogen (secondary N) is 1. The van der Waals surface area contributed by atoms with Crippen molar-refractivity contribution in [1.29, 1.82) is 0 Å². The minimum absolute atomic E-state index is 0.0783. The Bertz CT molecular complexity index is 812. The maximum Gasteiger partial charge on any atom is 0.255 e. The summed E-state index contributed by atoms with van der Waals surface area (Å²) in [5.41, 5.74) is 2.63. The molecular formula is C21H29ClN4O. The van der Waals surface area contributed by atoms with E-state index in [0.29, 0.717) is 10.7 Å². The quantitative estimate of drug-likeness (QED) is 0.790.